The first kappa shape index (κ1) is 13.8. The minimum absolute atomic E-state index is 0.0375. The van der Waals surface area contributed by atoms with Gasteiger partial charge in [0.2, 0.25) is 12.1 Å². The zero-order valence-electron chi connectivity index (χ0n) is 11.6. The van der Waals surface area contributed by atoms with Crippen LogP contribution in [0.1, 0.15) is 18.4 Å². The molecule has 0 saturated carbocycles. The third-order valence-corrected chi connectivity index (χ3v) is 3.26. The molecule has 100 valence electrons. The molecule has 0 heterocycles. The van der Waals surface area contributed by atoms with E-state index >= 15 is 0 Å². The monoisotopic (exact) mass is 264 g/mol. The smallest absolute Gasteiger partial charge is 0.208 e. The predicted octanol–water partition coefficient (Wildman–Crippen LogP) is 3.98. The number of nitriles is 1. The van der Waals surface area contributed by atoms with E-state index in [0.29, 0.717) is 5.90 Å². The molecule has 0 saturated heterocycles. The summed E-state index contributed by atoms with van der Waals surface area (Å²) >= 11 is 0. The molecule has 1 unspecified atom stereocenters. The second-order valence-electron chi connectivity index (χ2n) is 4.46. The van der Waals surface area contributed by atoms with Crippen molar-refractivity contribution in [2.24, 2.45) is 4.99 Å². The van der Waals surface area contributed by atoms with E-state index in [1.807, 2.05) is 37.3 Å². The van der Waals surface area contributed by atoms with Crippen molar-refractivity contribution >= 4 is 5.90 Å². The second kappa shape index (κ2) is 6.53. The molecule has 0 bridgehead atoms. The van der Waals surface area contributed by atoms with Crippen LogP contribution in [0.4, 0.5) is 0 Å². The standard InChI is InChI=1S/C17H16N2O/c1-13(17(20-2)19-12-18)14-8-10-16(11-9-14)15-6-4-3-5-7-15/h3-11,13H,1-2H3. The number of rotatable bonds is 3. The summed E-state index contributed by atoms with van der Waals surface area (Å²) in [7, 11) is 1.53. The van der Waals surface area contributed by atoms with Gasteiger partial charge in [-0.2, -0.15) is 5.26 Å². The van der Waals surface area contributed by atoms with Gasteiger partial charge >= 0.3 is 0 Å². The highest BCUT2D eigenvalue weighted by molar-refractivity contribution is 5.84. The highest BCUT2D eigenvalue weighted by Crippen LogP contribution is 2.23. The number of benzene rings is 2. The summed E-state index contributed by atoms with van der Waals surface area (Å²) in [5, 5.41) is 8.64. The van der Waals surface area contributed by atoms with E-state index in [2.05, 4.69) is 29.3 Å². The molecule has 0 spiro atoms. The lowest BCUT2D eigenvalue weighted by atomic mass is 9.97. The highest BCUT2D eigenvalue weighted by Gasteiger charge is 2.13. The number of ether oxygens (including phenoxy) is 1. The first-order valence-corrected chi connectivity index (χ1v) is 6.42. The number of nitrogens with zero attached hydrogens (tertiary/aromatic N) is 2. The van der Waals surface area contributed by atoms with Crippen LogP contribution in [0.3, 0.4) is 0 Å². The molecule has 0 aliphatic heterocycles. The van der Waals surface area contributed by atoms with Gasteiger partial charge < -0.3 is 4.74 Å². The zero-order valence-corrected chi connectivity index (χ0v) is 11.6. The first-order chi connectivity index (χ1) is 9.76. The van der Waals surface area contributed by atoms with Gasteiger partial charge in [0.05, 0.1) is 13.0 Å². The molecule has 2 aromatic rings. The van der Waals surface area contributed by atoms with Gasteiger partial charge in [0.15, 0.2) is 0 Å². The van der Waals surface area contributed by atoms with Crippen LogP contribution in [0, 0.1) is 11.5 Å². The fourth-order valence-electron chi connectivity index (χ4n) is 2.11. The van der Waals surface area contributed by atoms with Gasteiger partial charge in [0.25, 0.3) is 0 Å². The molecule has 0 aromatic heterocycles. The number of aliphatic imine (C=N–C) groups is 1. The molecule has 3 heteroatoms. The molecular weight excluding hydrogens is 248 g/mol. The number of hydrogen-bond donors (Lipinski definition) is 0. The van der Waals surface area contributed by atoms with E-state index in [-0.39, 0.29) is 5.92 Å². The Hall–Kier alpha value is -2.60. The lowest BCUT2D eigenvalue weighted by Crippen LogP contribution is -2.11. The average Bonchev–Trinajstić information content (AvgIpc) is 2.53. The summed E-state index contributed by atoms with van der Waals surface area (Å²) in [6, 6.07) is 18.4. The number of methoxy groups -OCH3 is 1. The van der Waals surface area contributed by atoms with Gasteiger partial charge in [-0.3, -0.25) is 0 Å². The Balaban J connectivity index is 2.25. The van der Waals surface area contributed by atoms with Crippen LogP contribution < -0.4 is 0 Å². The topological polar surface area (TPSA) is 45.4 Å². The van der Waals surface area contributed by atoms with Crippen molar-refractivity contribution in [3.8, 4) is 17.3 Å². The fourth-order valence-corrected chi connectivity index (χ4v) is 2.11. The Morgan fingerprint density at radius 1 is 1.05 bits per heavy atom. The van der Waals surface area contributed by atoms with E-state index < -0.39 is 0 Å². The van der Waals surface area contributed by atoms with Gasteiger partial charge in [0.1, 0.15) is 0 Å². The molecule has 20 heavy (non-hydrogen) atoms. The highest BCUT2D eigenvalue weighted by atomic mass is 16.5. The maximum absolute atomic E-state index is 8.64. The van der Waals surface area contributed by atoms with Crippen molar-refractivity contribution in [3.63, 3.8) is 0 Å². The van der Waals surface area contributed by atoms with E-state index in [1.165, 1.54) is 12.7 Å². The van der Waals surface area contributed by atoms with Crippen molar-refractivity contribution in [2.45, 2.75) is 12.8 Å². The van der Waals surface area contributed by atoms with Crippen LogP contribution in [0.15, 0.2) is 59.6 Å². The molecular formula is C17H16N2O. The Morgan fingerprint density at radius 2 is 1.65 bits per heavy atom. The largest absolute Gasteiger partial charge is 0.483 e. The van der Waals surface area contributed by atoms with Crippen LogP contribution in [0.25, 0.3) is 11.1 Å². The van der Waals surface area contributed by atoms with Gasteiger partial charge in [-0.1, -0.05) is 54.6 Å². The summed E-state index contributed by atoms with van der Waals surface area (Å²) in [4.78, 5) is 3.70. The average molecular weight is 264 g/mol. The SMILES string of the molecule is COC(=NC#N)C(C)c1ccc(-c2ccccc2)cc1. The third-order valence-electron chi connectivity index (χ3n) is 3.26. The summed E-state index contributed by atoms with van der Waals surface area (Å²) in [5.74, 6) is 0.393. The molecule has 0 N–H and O–H groups in total. The van der Waals surface area contributed by atoms with E-state index in [9.17, 15) is 0 Å². The van der Waals surface area contributed by atoms with E-state index in [4.69, 9.17) is 10.00 Å². The van der Waals surface area contributed by atoms with Gasteiger partial charge in [-0.25, -0.2) is 0 Å². The normalized spacial score (nSPS) is 12.6. The predicted molar refractivity (Wildman–Crippen MR) is 80.4 cm³/mol. The van der Waals surface area contributed by atoms with Gasteiger partial charge in [-0.15, -0.1) is 4.99 Å². The first-order valence-electron chi connectivity index (χ1n) is 6.42. The fraction of sp³-hybridized carbons (Fsp3) is 0.176. The molecule has 0 aliphatic carbocycles. The van der Waals surface area contributed by atoms with Crippen molar-refractivity contribution in [3.05, 3.63) is 60.2 Å². The van der Waals surface area contributed by atoms with Crippen molar-refractivity contribution in [1.29, 1.82) is 5.26 Å². The molecule has 2 aromatic carbocycles. The van der Waals surface area contributed by atoms with Crippen molar-refractivity contribution in [2.75, 3.05) is 7.11 Å². The van der Waals surface area contributed by atoms with Crippen LogP contribution in [0.2, 0.25) is 0 Å². The Bertz CT molecular complexity index is 624. The Labute approximate surface area is 119 Å². The van der Waals surface area contributed by atoms with Crippen LogP contribution in [-0.4, -0.2) is 13.0 Å². The lowest BCUT2D eigenvalue weighted by molar-refractivity contribution is 0.385. The van der Waals surface area contributed by atoms with Crippen LogP contribution in [0.5, 0.6) is 0 Å². The summed E-state index contributed by atoms with van der Waals surface area (Å²) < 4.78 is 5.15. The minimum Gasteiger partial charge on any atom is -0.483 e. The molecule has 0 radical (unpaired) electrons. The summed E-state index contributed by atoms with van der Waals surface area (Å²) in [6.45, 7) is 1.97. The van der Waals surface area contributed by atoms with E-state index in [1.54, 1.807) is 6.19 Å². The molecule has 2 rings (SSSR count). The van der Waals surface area contributed by atoms with Crippen LogP contribution >= 0.6 is 0 Å². The molecule has 0 fully saturated rings. The van der Waals surface area contributed by atoms with Crippen molar-refractivity contribution in [1.82, 2.24) is 0 Å². The zero-order chi connectivity index (χ0) is 14.4. The Morgan fingerprint density at radius 3 is 2.20 bits per heavy atom. The molecule has 0 aliphatic rings. The van der Waals surface area contributed by atoms with Crippen LogP contribution in [-0.2, 0) is 4.74 Å². The van der Waals surface area contributed by atoms with Gasteiger partial charge in [0, 0.05) is 0 Å². The maximum Gasteiger partial charge on any atom is 0.208 e. The molecule has 0 amide bonds. The second-order valence-corrected chi connectivity index (χ2v) is 4.46. The lowest BCUT2D eigenvalue weighted by Gasteiger charge is -2.13. The van der Waals surface area contributed by atoms with Crippen molar-refractivity contribution < 1.29 is 4.74 Å². The van der Waals surface area contributed by atoms with E-state index in [0.717, 1.165) is 11.1 Å². The quantitative estimate of drug-likeness (QED) is 0.478. The Kier molecular flexibility index (Phi) is 4.52. The molecule has 3 nitrogen and oxygen atoms in total. The third kappa shape index (κ3) is 3.04. The molecule has 1 atom stereocenters. The minimum atomic E-state index is -0.0375. The summed E-state index contributed by atoms with van der Waals surface area (Å²) in [5.41, 5.74) is 3.42. The van der Waals surface area contributed by atoms with Gasteiger partial charge in [-0.05, 0) is 23.6 Å². The summed E-state index contributed by atoms with van der Waals surface area (Å²) in [6.07, 6.45) is 1.77. The maximum atomic E-state index is 8.64. The number of hydrogen-bond acceptors (Lipinski definition) is 3.